The number of benzene rings is 2. The van der Waals surface area contributed by atoms with Gasteiger partial charge < -0.3 is 14.6 Å². The smallest absolute Gasteiger partial charge is 0.287 e. The number of rotatable bonds is 4. The minimum Gasteiger partial charge on any atom is -0.449 e. The summed E-state index contributed by atoms with van der Waals surface area (Å²) in [6.07, 6.45) is 6.38. The Morgan fingerprint density at radius 1 is 1.06 bits per heavy atom. The van der Waals surface area contributed by atoms with Crippen molar-refractivity contribution in [1.82, 2.24) is 15.2 Å². The number of fused-ring (bicyclic) bond motifs is 2. The van der Waals surface area contributed by atoms with Gasteiger partial charge in [0.1, 0.15) is 0 Å². The number of nitrogens with one attached hydrogen (secondary N) is 1. The lowest BCUT2D eigenvalue weighted by Gasteiger charge is -2.33. The molecule has 1 aliphatic carbocycles. The third kappa shape index (κ3) is 3.55. The molecular formula is C27H25N3O3. The minimum absolute atomic E-state index is 0.117. The van der Waals surface area contributed by atoms with E-state index in [0.717, 1.165) is 54.1 Å². The fraction of sp³-hybridized carbons (Fsp3) is 0.296. The highest BCUT2D eigenvalue weighted by molar-refractivity contribution is 6.07. The lowest BCUT2D eigenvalue weighted by Crippen LogP contribution is -2.40. The fourth-order valence-corrected chi connectivity index (χ4v) is 5.37. The molecule has 2 aliphatic rings. The molecule has 33 heavy (non-hydrogen) atoms. The summed E-state index contributed by atoms with van der Waals surface area (Å²) in [5.41, 5.74) is 1.65. The van der Waals surface area contributed by atoms with Crippen LogP contribution < -0.4 is 5.32 Å². The van der Waals surface area contributed by atoms with Crippen molar-refractivity contribution in [1.29, 1.82) is 0 Å². The van der Waals surface area contributed by atoms with Gasteiger partial charge in [-0.25, -0.2) is 0 Å². The molecular weight excluding hydrogens is 414 g/mol. The maximum atomic E-state index is 13.2. The van der Waals surface area contributed by atoms with Crippen LogP contribution in [0.2, 0.25) is 0 Å². The number of piperidine rings is 1. The van der Waals surface area contributed by atoms with E-state index >= 15 is 0 Å². The van der Waals surface area contributed by atoms with Crippen molar-refractivity contribution in [2.45, 2.75) is 19.3 Å². The van der Waals surface area contributed by atoms with Gasteiger partial charge in [0.05, 0.1) is 6.20 Å². The fourth-order valence-electron chi connectivity index (χ4n) is 5.37. The zero-order valence-corrected chi connectivity index (χ0v) is 18.3. The summed E-state index contributed by atoms with van der Waals surface area (Å²) in [5.74, 6) is 0.717. The van der Waals surface area contributed by atoms with Crippen molar-refractivity contribution in [3.05, 3.63) is 78.3 Å². The number of furan rings is 1. The Hall–Kier alpha value is -3.67. The van der Waals surface area contributed by atoms with Crippen molar-refractivity contribution < 1.29 is 14.0 Å². The lowest BCUT2D eigenvalue weighted by atomic mass is 9.90. The molecule has 6 heteroatoms. The normalized spacial score (nSPS) is 19.2. The molecule has 1 N–H and O–H groups in total. The molecule has 1 aliphatic heterocycles. The molecule has 166 valence electrons. The first-order valence-corrected chi connectivity index (χ1v) is 11.5. The highest BCUT2D eigenvalue weighted by Crippen LogP contribution is 2.59. The van der Waals surface area contributed by atoms with Gasteiger partial charge in [0.15, 0.2) is 11.3 Å². The molecule has 4 aromatic rings. The number of carbonyl (C=O) groups is 2. The topological polar surface area (TPSA) is 75.4 Å². The average molecular weight is 440 g/mol. The third-order valence-corrected chi connectivity index (χ3v) is 7.48. The Labute approximate surface area is 191 Å². The van der Waals surface area contributed by atoms with Gasteiger partial charge in [-0.2, -0.15) is 0 Å². The van der Waals surface area contributed by atoms with Crippen LogP contribution in [0.15, 0.2) is 71.4 Å². The molecule has 2 fully saturated rings. The molecule has 6 nitrogen and oxygen atoms in total. The molecule has 2 amide bonds. The predicted octanol–water partition coefficient (Wildman–Crippen LogP) is 4.65. The van der Waals surface area contributed by atoms with Gasteiger partial charge in [-0.3, -0.25) is 14.6 Å². The van der Waals surface area contributed by atoms with Crippen molar-refractivity contribution in [2.24, 2.45) is 11.3 Å². The Balaban J connectivity index is 1.06. The number of pyridine rings is 1. The Morgan fingerprint density at radius 3 is 2.73 bits per heavy atom. The van der Waals surface area contributed by atoms with Gasteiger partial charge in [-0.15, -0.1) is 0 Å². The number of likely N-dealkylation sites (tertiary alicyclic amines) is 1. The first-order chi connectivity index (χ1) is 16.1. The second kappa shape index (κ2) is 7.73. The van der Waals surface area contributed by atoms with E-state index in [1.165, 1.54) is 0 Å². The quantitative estimate of drug-likeness (QED) is 0.502. The van der Waals surface area contributed by atoms with E-state index in [9.17, 15) is 9.59 Å². The standard InChI is InChI=1S/C27H25N3O3/c31-25(23-14-19-8-11-28-17-24(19)33-23)29-16-20-15-27(20)9-12-30(13-10-27)26(32)22-7-3-5-18-4-1-2-6-21(18)22/h1-8,11,14,17,20H,9-10,12-13,15-16H2,(H,29,31). The van der Waals surface area contributed by atoms with Crippen molar-refractivity contribution >= 4 is 33.6 Å². The van der Waals surface area contributed by atoms with Crippen LogP contribution in [0.5, 0.6) is 0 Å². The second-order valence-electron chi connectivity index (χ2n) is 9.32. The first-order valence-electron chi connectivity index (χ1n) is 11.5. The molecule has 2 aromatic heterocycles. The number of hydrogen-bond donors (Lipinski definition) is 1. The second-order valence-corrected chi connectivity index (χ2v) is 9.32. The summed E-state index contributed by atoms with van der Waals surface area (Å²) in [6.45, 7) is 2.18. The molecule has 1 saturated carbocycles. The van der Waals surface area contributed by atoms with E-state index in [0.29, 0.717) is 23.8 Å². The molecule has 1 unspecified atom stereocenters. The van der Waals surface area contributed by atoms with Crippen LogP contribution in [0, 0.1) is 11.3 Å². The SMILES string of the molecule is O=C(NCC1CC12CCN(C(=O)c1cccc3ccccc13)CC2)c1cc2ccncc2o1. The molecule has 0 bridgehead atoms. The van der Waals surface area contributed by atoms with Gasteiger partial charge in [0, 0.05) is 36.8 Å². The predicted molar refractivity (Wildman–Crippen MR) is 126 cm³/mol. The number of carbonyl (C=O) groups excluding carboxylic acids is 2. The van der Waals surface area contributed by atoms with Gasteiger partial charge in [-0.1, -0.05) is 36.4 Å². The summed E-state index contributed by atoms with van der Waals surface area (Å²) in [6, 6.07) is 17.6. The van der Waals surface area contributed by atoms with Gasteiger partial charge in [-0.05, 0) is 59.6 Å². The van der Waals surface area contributed by atoms with E-state index in [1.54, 1.807) is 18.5 Å². The lowest BCUT2D eigenvalue weighted by molar-refractivity contribution is 0.0670. The molecule has 1 saturated heterocycles. The average Bonchev–Trinajstić information content (AvgIpc) is 3.33. The van der Waals surface area contributed by atoms with Crippen LogP contribution >= 0.6 is 0 Å². The number of nitrogens with zero attached hydrogens (tertiary/aromatic N) is 2. The first kappa shape index (κ1) is 20.0. The Bertz CT molecular complexity index is 1330. The zero-order chi connectivity index (χ0) is 22.4. The van der Waals surface area contributed by atoms with E-state index < -0.39 is 0 Å². The number of amides is 2. The van der Waals surface area contributed by atoms with Gasteiger partial charge in [0.25, 0.3) is 11.8 Å². The van der Waals surface area contributed by atoms with E-state index in [2.05, 4.69) is 10.3 Å². The summed E-state index contributed by atoms with van der Waals surface area (Å²) >= 11 is 0. The largest absolute Gasteiger partial charge is 0.449 e. The zero-order valence-electron chi connectivity index (χ0n) is 18.3. The Kier molecular flexibility index (Phi) is 4.68. The van der Waals surface area contributed by atoms with Gasteiger partial charge >= 0.3 is 0 Å². The highest BCUT2D eigenvalue weighted by atomic mass is 16.3. The summed E-state index contributed by atoms with van der Waals surface area (Å²) < 4.78 is 5.61. The van der Waals surface area contributed by atoms with Crippen LogP contribution in [0.1, 0.15) is 40.2 Å². The summed E-state index contributed by atoms with van der Waals surface area (Å²) in [7, 11) is 0. The van der Waals surface area contributed by atoms with Crippen molar-refractivity contribution in [2.75, 3.05) is 19.6 Å². The molecule has 6 rings (SSSR count). The van der Waals surface area contributed by atoms with Gasteiger partial charge in [0.2, 0.25) is 0 Å². The van der Waals surface area contributed by atoms with Crippen molar-refractivity contribution in [3.63, 3.8) is 0 Å². The van der Waals surface area contributed by atoms with Crippen LogP contribution in [-0.2, 0) is 0 Å². The van der Waals surface area contributed by atoms with E-state index in [-0.39, 0.29) is 17.2 Å². The maximum Gasteiger partial charge on any atom is 0.287 e. The monoisotopic (exact) mass is 439 g/mol. The van der Waals surface area contributed by atoms with Crippen molar-refractivity contribution in [3.8, 4) is 0 Å². The molecule has 2 aromatic carbocycles. The molecule has 0 radical (unpaired) electrons. The summed E-state index contributed by atoms with van der Waals surface area (Å²) in [5, 5.41) is 6.02. The van der Waals surface area contributed by atoms with Crippen LogP contribution in [-0.4, -0.2) is 41.3 Å². The van der Waals surface area contributed by atoms with Crippen LogP contribution in [0.3, 0.4) is 0 Å². The number of hydrogen-bond acceptors (Lipinski definition) is 4. The van der Waals surface area contributed by atoms with Crippen LogP contribution in [0.4, 0.5) is 0 Å². The minimum atomic E-state index is -0.184. The van der Waals surface area contributed by atoms with E-state index in [1.807, 2.05) is 53.4 Å². The molecule has 1 spiro atoms. The van der Waals surface area contributed by atoms with E-state index in [4.69, 9.17) is 4.42 Å². The third-order valence-electron chi connectivity index (χ3n) is 7.48. The Morgan fingerprint density at radius 2 is 1.88 bits per heavy atom. The highest BCUT2D eigenvalue weighted by Gasteiger charge is 2.54. The molecule has 3 heterocycles. The van der Waals surface area contributed by atoms with Crippen LogP contribution in [0.25, 0.3) is 21.7 Å². The maximum absolute atomic E-state index is 13.2. The molecule has 1 atom stereocenters. The number of aromatic nitrogens is 1. The summed E-state index contributed by atoms with van der Waals surface area (Å²) in [4.78, 5) is 31.8.